The molecular formula is C37H42N2O11S3-2. The molecule has 2 N–H and O–H groups in total. The lowest BCUT2D eigenvalue weighted by molar-refractivity contribution is -0.448. The highest BCUT2D eigenvalue weighted by molar-refractivity contribution is 7.86. The molecule has 0 amide bonds. The van der Waals surface area contributed by atoms with Crippen molar-refractivity contribution in [3.05, 3.63) is 99.8 Å². The fourth-order valence-corrected chi connectivity index (χ4v) is 10.2. The van der Waals surface area contributed by atoms with E-state index < -0.39 is 64.4 Å². The Bertz CT molecular complexity index is 2380. The number of hydrogen-bond acceptors (Lipinski definition) is 12. The molecule has 2 aromatic carbocycles. The van der Waals surface area contributed by atoms with Crippen LogP contribution in [0.3, 0.4) is 0 Å². The summed E-state index contributed by atoms with van der Waals surface area (Å²) in [6.07, 6.45) is 7.47. The zero-order chi connectivity index (χ0) is 38.9. The summed E-state index contributed by atoms with van der Waals surface area (Å²) in [5, 5.41) is 21.3. The summed E-state index contributed by atoms with van der Waals surface area (Å²) in [5.74, 6) is -1.90. The highest BCUT2D eigenvalue weighted by atomic mass is 32.2. The molecule has 4 atom stereocenters. The fraction of sp³-hybridized carbons (Fsp3) is 0.432. The predicted molar refractivity (Wildman–Crippen MR) is 195 cm³/mol. The molecule has 2 aromatic rings. The van der Waals surface area contributed by atoms with Crippen LogP contribution in [-0.4, -0.2) is 96.2 Å². The monoisotopic (exact) mass is 786 g/mol. The van der Waals surface area contributed by atoms with Crippen LogP contribution in [0.4, 0.5) is 11.4 Å². The van der Waals surface area contributed by atoms with E-state index in [1.807, 2.05) is 62.1 Å². The van der Waals surface area contributed by atoms with Crippen LogP contribution in [0.15, 0.2) is 88.0 Å². The van der Waals surface area contributed by atoms with Crippen molar-refractivity contribution in [2.24, 2.45) is 0 Å². The first-order chi connectivity index (χ1) is 24.5. The fourth-order valence-electron chi connectivity index (χ4n) is 8.56. The first-order valence-electron chi connectivity index (χ1n) is 17.2. The Labute approximate surface area is 310 Å². The van der Waals surface area contributed by atoms with Gasteiger partial charge in [-0.25, -0.2) is 25.3 Å². The molecular weight excluding hydrogens is 745 g/mol. The van der Waals surface area contributed by atoms with E-state index in [9.17, 15) is 49.1 Å². The van der Waals surface area contributed by atoms with Gasteiger partial charge in [-0.3, -0.25) is 0 Å². The third kappa shape index (κ3) is 7.73. The number of fused-ring (bicyclic) bond motifs is 6. The molecule has 4 unspecified atom stereocenters. The number of benzene rings is 2. The van der Waals surface area contributed by atoms with Gasteiger partial charge in [0.2, 0.25) is 5.69 Å². The summed E-state index contributed by atoms with van der Waals surface area (Å²) >= 11 is 0. The number of aliphatic hydroxyl groups excluding tert-OH is 2. The van der Waals surface area contributed by atoms with E-state index in [1.165, 1.54) is 18.2 Å². The van der Waals surface area contributed by atoms with E-state index in [2.05, 4.69) is 13.0 Å². The molecule has 2 aliphatic heterocycles. The van der Waals surface area contributed by atoms with Gasteiger partial charge in [-0.05, 0) is 82.7 Å². The van der Waals surface area contributed by atoms with Crippen molar-refractivity contribution in [2.75, 3.05) is 29.5 Å². The van der Waals surface area contributed by atoms with Crippen molar-refractivity contribution >= 4 is 47.4 Å². The summed E-state index contributed by atoms with van der Waals surface area (Å²) in [7, 11) is -14.2. The van der Waals surface area contributed by atoms with Crippen LogP contribution in [0.1, 0.15) is 63.1 Å². The van der Waals surface area contributed by atoms with Gasteiger partial charge in [0.1, 0.15) is 16.2 Å². The average Bonchev–Trinajstić information content (AvgIpc) is 3.68. The smallest absolute Gasteiger partial charge is 0.209 e. The molecule has 286 valence electrons. The molecule has 0 aromatic heterocycles. The van der Waals surface area contributed by atoms with Gasteiger partial charge < -0.3 is 28.8 Å². The van der Waals surface area contributed by atoms with Crippen molar-refractivity contribution in [3.63, 3.8) is 0 Å². The molecule has 1 saturated carbocycles. The summed E-state index contributed by atoms with van der Waals surface area (Å²) in [6.45, 7) is 7.63. The van der Waals surface area contributed by atoms with Crippen molar-refractivity contribution in [2.45, 2.75) is 81.3 Å². The minimum Gasteiger partial charge on any atom is -0.748 e. The van der Waals surface area contributed by atoms with Gasteiger partial charge >= 0.3 is 0 Å². The van der Waals surface area contributed by atoms with Crippen molar-refractivity contribution < 1.29 is 53.7 Å². The Morgan fingerprint density at radius 3 is 2.23 bits per heavy atom. The third-order valence-electron chi connectivity index (χ3n) is 10.8. The number of β-amino-alcohol motifs (C(OH)–C–C–N with tert-alkyl or cyclic N) is 2. The molecule has 6 rings (SSSR count). The zero-order valence-electron chi connectivity index (χ0n) is 29.8. The van der Waals surface area contributed by atoms with Gasteiger partial charge in [0.25, 0.3) is 0 Å². The maximum atomic E-state index is 11.9. The Hall–Kier alpha value is -3.48. The maximum absolute atomic E-state index is 11.9. The molecule has 16 heteroatoms. The highest BCUT2D eigenvalue weighted by Crippen LogP contribution is 2.56. The van der Waals surface area contributed by atoms with E-state index in [1.54, 1.807) is 4.58 Å². The first-order valence-corrected chi connectivity index (χ1v) is 21.7. The molecule has 2 heterocycles. The molecule has 53 heavy (non-hydrogen) atoms. The highest BCUT2D eigenvalue weighted by Gasteiger charge is 2.54. The van der Waals surface area contributed by atoms with Gasteiger partial charge in [0, 0.05) is 40.5 Å². The molecule has 0 spiro atoms. The van der Waals surface area contributed by atoms with Crippen LogP contribution in [0.2, 0.25) is 0 Å². The summed E-state index contributed by atoms with van der Waals surface area (Å²) in [6, 6.07) is 9.98. The third-order valence-corrected chi connectivity index (χ3v) is 13.3. The lowest BCUT2D eigenvalue weighted by Gasteiger charge is -2.28. The molecule has 1 fully saturated rings. The van der Waals surface area contributed by atoms with Crippen molar-refractivity contribution in [1.82, 2.24) is 0 Å². The number of aryl methyl sites for hydroxylation is 1. The molecule has 4 aliphatic rings. The summed E-state index contributed by atoms with van der Waals surface area (Å²) in [5.41, 5.74) is 7.31. The number of allylic oxidation sites excluding steroid dienone is 8. The largest absolute Gasteiger partial charge is 0.748 e. The molecule has 0 bridgehead atoms. The van der Waals surface area contributed by atoms with Gasteiger partial charge in [-0.15, -0.1) is 0 Å². The zero-order valence-corrected chi connectivity index (χ0v) is 32.2. The van der Waals surface area contributed by atoms with E-state index in [0.717, 1.165) is 52.1 Å². The van der Waals surface area contributed by atoms with Gasteiger partial charge in [-0.2, -0.15) is 4.58 Å². The number of rotatable bonds is 12. The Morgan fingerprint density at radius 1 is 0.906 bits per heavy atom. The SMILES string of the molecule is CC(C=CC1=C2N(CC(O)CS(=O)(=O)[O-])c3ccc(C)cc3C2(C)CC1)=CC=C1CCC2(C)C1=[N+](CC(O)CS(=O)(=O)[O-])c1ccc(S(=O)(=O)[O-])cc12. The lowest BCUT2D eigenvalue weighted by atomic mass is 9.81. The molecule has 0 radical (unpaired) electrons. The Morgan fingerprint density at radius 2 is 1.57 bits per heavy atom. The Balaban J connectivity index is 1.35. The topological polar surface area (TPSA) is 218 Å². The van der Waals surface area contributed by atoms with Gasteiger partial charge in [0.15, 0.2) is 12.3 Å². The second kappa shape index (κ2) is 13.7. The van der Waals surface area contributed by atoms with Crippen molar-refractivity contribution in [1.29, 1.82) is 0 Å². The number of hydrogen-bond donors (Lipinski definition) is 2. The van der Waals surface area contributed by atoms with Crippen LogP contribution in [0.25, 0.3) is 0 Å². The van der Waals surface area contributed by atoms with Crippen LogP contribution >= 0.6 is 0 Å². The number of aliphatic hydroxyl groups is 2. The van der Waals surface area contributed by atoms with E-state index >= 15 is 0 Å². The second-order valence-electron chi connectivity index (χ2n) is 15.0. The molecule has 13 nitrogen and oxygen atoms in total. The minimum atomic E-state index is -4.77. The standard InChI is InChI=1S/C37H44N2O11S3/c1-23(5-8-25-13-15-36(3)30-17-24(2)7-11-32(30)38(34(25)36)19-27(40)21-51(42,43)44)6-9-26-14-16-37(4)31-18-29(53(48,49)50)10-12-33(31)39(35(26)37)20-28(41)22-52(45,46)47/h5-12,17-18,27-28,40-41H,13-16,19-22H2,1-4H3,(H2-,42,43,44,45,46,47,48,49,50)/p-2. The first kappa shape index (κ1) is 39.2. The van der Waals surface area contributed by atoms with E-state index in [4.69, 9.17) is 0 Å². The quantitative estimate of drug-likeness (QED) is 0.180. The van der Waals surface area contributed by atoms with Crippen LogP contribution < -0.4 is 4.90 Å². The minimum absolute atomic E-state index is 0.0608. The van der Waals surface area contributed by atoms with Gasteiger partial charge in [-0.1, -0.05) is 47.6 Å². The lowest BCUT2D eigenvalue weighted by Crippen LogP contribution is -2.36. The number of nitrogens with zero attached hydrogens (tertiary/aromatic N) is 2. The normalized spacial score (nSPS) is 25.0. The summed E-state index contributed by atoms with van der Waals surface area (Å²) < 4.78 is 106. The Kier molecular flexibility index (Phi) is 10.1. The molecule has 2 aliphatic carbocycles. The van der Waals surface area contributed by atoms with Crippen LogP contribution in [-0.2, 0) is 41.2 Å². The van der Waals surface area contributed by atoms with Crippen molar-refractivity contribution in [3.8, 4) is 0 Å². The van der Waals surface area contributed by atoms with Crippen LogP contribution in [0, 0.1) is 6.92 Å². The van der Waals surface area contributed by atoms with Crippen LogP contribution in [0.5, 0.6) is 0 Å². The van der Waals surface area contributed by atoms with Gasteiger partial charge in [0.05, 0.1) is 48.2 Å². The molecule has 0 saturated heterocycles. The van der Waals surface area contributed by atoms with E-state index in [-0.39, 0.29) is 18.5 Å². The maximum Gasteiger partial charge on any atom is 0.209 e. The second-order valence-corrected chi connectivity index (χ2v) is 19.2. The number of anilines is 1. The summed E-state index contributed by atoms with van der Waals surface area (Å²) in [4.78, 5) is 1.53. The van der Waals surface area contributed by atoms with E-state index in [0.29, 0.717) is 29.8 Å². The predicted octanol–water partition coefficient (Wildman–Crippen LogP) is 3.12. The average molecular weight is 787 g/mol.